The van der Waals surface area contributed by atoms with E-state index in [4.69, 9.17) is 10.5 Å². The zero-order valence-electron chi connectivity index (χ0n) is 11.8. The molecule has 18 heavy (non-hydrogen) atoms. The van der Waals surface area contributed by atoms with Gasteiger partial charge in [-0.15, -0.1) is 0 Å². The Morgan fingerprint density at radius 1 is 1.33 bits per heavy atom. The van der Waals surface area contributed by atoms with Gasteiger partial charge in [-0.05, 0) is 44.4 Å². The van der Waals surface area contributed by atoms with E-state index in [2.05, 4.69) is 12.2 Å². The molecular weight excluding hydrogens is 228 g/mol. The number of methoxy groups -OCH3 is 1. The molecule has 0 aromatic rings. The topological polar surface area (TPSA) is 64.3 Å². The number of carbonyl (C=O) groups is 1. The molecule has 1 saturated carbocycles. The maximum Gasteiger partial charge on any atom is 0.223 e. The number of carbonyl (C=O) groups excluding carboxylic acids is 1. The number of nitrogens with one attached hydrogen (secondary N) is 1. The third-order valence-corrected chi connectivity index (χ3v) is 3.93. The van der Waals surface area contributed by atoms with Gasteiger partial charge in [-0.25, -0.2) is 0 Å². The van der Waals surface area contributed by atoms with Crippen LogP contribution in [0.5, 0.6) is 0 Å². The molecule has 3 N–H and O–H groups in total. The minimum Gasteiger partial charge on any atom is -0.385 e. The van der Waals surface area contributed by atoms with Crippen LogP contribution in [0.1, 0.15) is 45.4 Å². The third-order valence-electron chi connectivity index (χ3n) is 3.93. The predicted octanol–water partition coefficient (Wildman–Crippen LogP) is 1.68. The van der Waals surface area contributed by atoms with Crippen LogP contribution in [0.25, 0.3) is 0 Å². The first-order valence-electron chi connectivity index (χ1n) is 7.17. The summed E-state index contributed by atoms with van der Waals surface area (Å²) in [5.74, 6) is 0.871. The summed E-state index contributed by atoms with van der Waals surface area (Å²) >= 11 is 0. The molecule has 1 rings (SSSR count). The molecule has 0 aromatic heterocycles. The van der Waals surface area contributed by atoms with Crippen molar-refractivity contribution >= 4 is 5.91 Å². The Balaban J connectivity index is 2.09. The maximum absolute atomic E-state index is 12.0. The van der Waals surface area contributed by atoms with Gasteiger partial charge in [-0.1, -0.05) is 6.92 Å². The summed E-state index contributed by atoms with van der Waals surface area (Å²) in [5.41, 5.74) is 5.97. The Labute approximate surface area is 111 Å². The minimum atomic E-state index is 0.179. The summed E-state index contributed by atoms with van der Waals surface area (Å²) in [6.07, 6.45) is 6.09. The van der Waals surface area contributed by atoms with Crippen molar-refractivity contribution in [3.05, 3.63) is 0 Å². The summed E-state index contributed by atoms with van der Waals surface area (Å²) < 4.78 is 4.99. The molecule has 1 amide bonds. The van der Waals surface area contributed by atoms with Crippen molar-refractivity contribution in [3.8, 4) is 0 Å². The standard InChI is InChI=1S/C14H28N2O2/c1-11-10-12(6-7-13(11)15)14(17)16-8-4-3-5-9-18-2/h11-13H,3-10,15H2,1-2H3,(H,16,17). The highest BCUT2D eigenvalue weighted by atomic mass is 16.5. The van der Waals surface area contributed by atoms with Crippen LogP contribution in [0.2, 0.25) is 0 Å². The number of amides is 1. The van der Waals surface area contributed by atoms with Crippen molar-refractivity contribution in [2.24, 2.45) is 17.6 Å². The first-order chi connectivity index (χ1) is 8.65. The van der Waals surface area contributed by atoms with Gasteiger partial charge in [0, 0.05) is 32.2 Å². The number of hydrogen-bond acceptors (Lipinski definition) is 3. The van der Waals surface area contributed by atoms with Gasteiger partial charge in [0.15, 0.2) is 0 Å². The van der Waals surface area contributed by atoms with E-state index in [1.807, 2.05) is 0 Å². The van der Waals surface area contributed by atoms with Crippen LogP contribution in [0, 0.1) is 11.8 Å². The average molecular weight is 256 g/mol. The molecule has 4 heteroatoms. The van der Waals surface area contributed by atoms with Crippen molar-refractivity contribution in [2.75, 3.05) is 20.3 Å². The van der Waals surface area contributed by atoms with E-state index in [1.54, 1.807) is 7.11 Å². The van der Waals surface area contributed by atoms with Crippen molar-refractivity contribution in [3.63, 3.8) is 0 Å². The summed E-state index contributed by atoms with van der Waals surface area (Å²) in [6.45, 7) is 3.75. The van der Waals surface area contributed by atoms with Crippen LogP contribution in [0.4, 0.5) is 0 Å². The van der Waals surface area contributed by atoms with Gasteiger partial charge in [0.2, 0.25) is 5.91 Å². The normalized spacial score (nSPS) is 28.1. The van der Waals surface area contributed by atoms with Crippen LogP contribution in [-0.4, -0.2) is 32.2 Å². The summed E-state index contributed by atoms with van der Waals surface area (Å²) in [7, 11) is 1.72. The van der Waals surface area contributed by atoms with E-state index < -0.39 is 0 Å². The second kappa shape index (κ2) is 8.48. The van der Waals surface area contributed by atoms with Gasteiger partial charge in [0.1, 0.15) is 0 Å². The fourth-order valence-corrected chi connectivity index (χ4v) is 2.56. The van der Waals surface area contributed by atoms with Crippen molar-refractivity contribution in [1.82, 2.24) is 5.32 Å². The fourth-order valence-electron chi connectivity index (χ4n) is 2.56. The van der Waals surface area contributed by atoms with Gasteiger partial charge < -0.3 is 15.8 Å². The fraction of sp³-hybridized carbons (Fsp3) is 0.929. The first-order valence-corrected chi connectivity index (χ1v) is 7.17. The lowest BCUT2D eigenvalue weighted by Gasteiger charge is -2.31. The highest BCUT2D eigenvalue weighted by molar-refractivity contribution is 5.78. The second-order valence-corrected chi connectivity index (χ2v) is 5.50. The molecular formula is C14H28N2O2. The van der Waals surface area contributed by atoms with Crippen LogP contribution >= 0.6 is 0 Å². The summed E-state index contributed by atoms with van der Waals surface area (Å²) in [4.78, 5) is 12.0. The Morgan fingerprint density at radius 2 is 2.11 bits per heavy atom. The molecule has 1 aliphatic rings. The number of rotatable bonds is 7. The Bertz CT molecular complexity index is 246. The number of hydrogen-bond donors (Lipinski definition) is 2. The molecule has 0 heterocycles. The van der Waals surface area contributed by atoms with Gasteiger partial charge in [0.25, 0.3) is 0 Å². The number of unbranched alkanes of at least 4 members (excludes halogenated alkanes) is 2. The second-order valence-electron chi connectivity index (χ2n) is 5.50. The zero-order valence-corrected chi connectivity index (χ0v) is 11.8. The molecule has 0 spiro atoms. The lowest BCUT2D eigenvalue weighted by Crippen LogP contribution is -2.40. The Hall–Kier alpha value is -0.610. The van der Waals surface area contributed by atoms with Crippen LogP contribution in [0.3, 0.4) is 0 Å². The Morgan fingerprint density at radius 3 is 2.78 bits per heavy atom. The van der Waals surface area contributed by atoms with E-state index in [9.17, 15) is 4.79 Å². The van der Waals surface area contributed by atoms with E-state index in [0.717, 1.165) is 51.7 Å². The summed E-state index contributed by atoms with van der Waals surface area (Å²) in [6, 6.07) is 0.281. The monoisotopic (exact) mass is 256 g/mol. The van der Waals surface area contributed by atoms with Gasteiger partial charge >= 0.3 is 0 Å². The molecule has 0 bridgehead atoms. The molecule has 0 aromatic carbocycles. The molecule has 4 nitrogen and oxygen atoms in total. The minimum absolute atomic E-state index is 0.179. The highest BCUT2D eigenvalue weighted by Crippen LogP contribution is 2.27. The first kappa shape index (κ1) is 15.4. The van der Waals surface area contributed by atoms with Crippen LogP contribution in [0.15, 0.2) is 0 Å². The maximum atomic E-state index is 12.0. The molecule has 3 atom stereocenters. The Kier molecular flexibility index (Phi) is 7.28. The molecule has 1 aliphatic carbocycles. The zero-order chi connectivity index (χ0) is 13.4. The molecule has 0 radical (unpaired) electrons. The molecule has 106 valence electrons. The largest absolute Gasteiger partial charge is 0.385 e. The molecule has 3 unspecified atom stereocenters. The van der Waals surface area contributed by atoms with E-state index in [0.29, 0.717) is 5.92 Å². The smallest absolute Gasteiger partial charge is 0.223 e. The van der Waals surface area contributed by atoms with Crippen molar-refractivity contribution in [1.29, 1.82) is 0 Å². The summed E-state index contributed by atoms with van der Waals surface area (Å²) in [5, 5.41) is 3.04. The van der Waals surface area contributed by atoms with Gasteiger partial charge in [0.05, 0.1) is 0 Å². The molecule has 1 fully saturated rings. The van der Waals surface area contributed by atoms with Crippen molar-refractivity contribution in [2.45, 2.75) is 51.5 Å². The van der Waals surface area contributed by atoms with Crippen LogP contribution in [-0.2, 0) is 9.53 Å². The predicted molar refractivity (Wildman–Crippen MR) is 73.2 cm³/mol. The average Bonchev–Trinajstić information content (AvgIpc) is 2.36. The SMILES string of the molecule is COCCCCCNC(=O)C1CCC(N)C(C)C1. The van der Waals surface area contributed by atoms with E-state index >= 15 is 0 Å². The number of ether oxygens (including phenoxy) is 1. The number of nitrogens with two attached hydrogens (primary N) is 1. The van der Waals surface area contributed by atoms with Crippen LogP contribution < -0.4 is 11.1 Å². The lowest BCUT2D eigenvalue weighted by atomic mass is 9.79. The molecule has 0 saturated heterocycles. The quantitative estimate of drug-likeness (QED) is 0.681. The van der Waals surface area contributed by atoms with E-state index in [-0.39, 0.29) is 17.9 Å². The van der Waals surface area contributed by atoms with Crippen molar-refractivity contribution < 1.29 is 9.53 Å². The lowest BCUT2D eigenvalue weighted by molar-refractivity contribution is -0.126. The van der Waals surface area contributed by atoms with E-state index in [1.165, 1.54) is 0 Å². The highest BCUT2D eigenvalue weighted by Gasteiger charge is 2.29. The third kappa shape index (κ3) is 5.36. The van der Waals surface area contributed by atoms with Gasteiger partial charge in [-0.2, -0.15) is 0 Å². The molecule has 0 aliphatic heterocycles. The van der Waals surface area contributed by atoms with Gasteiger partial charge in [-0.3, -0.25) is 4.79 Å².